The van der Waals surface area contributed by atoms with Gasteiger partial charge in [0.25, 0.3) is 0 Å². The number of hydrogen-bond donors (Lipinski definition) is 2. The van der Waals surface area contributed by atoms with Crippen LogP contribution < -0.4 is 0 Å². The number of unbranched alkanes of at least 4 members (excludes halogenated alkanes) is 7. The molecule has 136 valence electrons. The van der Waals surface area contributed by atoms with Crippen molar-refractivity contribution in [3.05, 3.63) is 12.2 Å². The molecule has 1 atom stereocenters. The quantitative estimate of drug-likeness (QED) is 0.273. The van der Waals surface area contributed by atoms with Gasteiger partial charge in [-0.15, -0.1) is 0 Å². The normalized spacial score (nSPS) is 12.8. The molecule has 3 nitrogen and oxygen atoms in total. The Labute approximate surface area is 146 Å². The number of aliphatic hydroxyl groups is 1. The first-order chi connectivity index (χ1) is 11.2. The summed E-state index contributed by atoms with van der Waals surface area (Å²) in [4.78, 5) is 10.4. The van der Waals surface area contributed by atoms with Crippen LogP contribution in [0.25, 0.3) is 0 Å². The molecule has 23 heavy (non-hydrogen) atoms. The second-order valence-electron chi connectivity index (χ2n) is 6.16. The van der Waals surface area contributed by atoms with E-state index in [1.54, 1.807) is 0 Å². The maximum absolute atomic E-state index is 10.4. The molecular formula is C19H36O3S. The maximum atomic E-state index is 10.4. The van der Waals surface area contributed by atoms with Gasteiger partial charge in [0.05, 0.1) is 6.10 Å². The van der Waals surface area contributed by atoms with Crippen molar-refractivity contribution in [3.8, 4) is 0 Å². The van der Waals surface area contributed by atoms with Crippen molar-refractivity contribution in [1.82, 2.24) is 0 Å². The molecule has 0 bridgehead atoms. The monoisotopic (exact) mass is 344 g/mol. The molecule has 4 heteroatoms. The van der Waals surface area contributed by atoms with Gasteiger partial charge >= 0.3 is 5.97 Å². The van der Waals surface area contributed by atoms with Gasteiger partial charge in [-0.3, -0.25) is 4.79 Å². The number of carbonyl (C=O) groups is 1. The first-order valence-corrected chi connectivity index (χ1v) is 10.5. The van der Waals surface area contributed by atoms with E-state index in [9.17, 15) is 9.90 Å². The number of carboxylic acid groups (broad SMARTS) is 1. The van der Waals surface area contributed by atoms with Crippen molar-refractivity contribution in [3.63, 3.8) is 0 Å². The number of aliphatic hydroxyl groups excluding tert-OH is 1. The molecule has 0 aromatic carbocycles. The van der Waals surface area contributed by atoms with Gasteiger partial charge in [-0.05, 0) is 50.0 Å². The molecule has 0 aliphatic carbocycles. The van der Waals surface area contributed by atoms with Gasteiger partial charge in [0.15, 0.2) is 0 Å². The lowest BCUT2D eigenvalue weighted by Gasteiger charge is -2.03. The molecule has 0 aliphatic rings. The van der Waals surface area contributed by atoms with Crippen LogP contribution in [-0.4, -0.2) is 33.8 Å². The van der Waals surface area contributed by atoms with Crippen molar-refractivity contribution in [1.29, 1.82) is 0 Å². The van der Waals surface area contributed by atoms with E-state index < -0.39 is 5.97 Å². The summed E-state index contributed by atoms with van der Waals surface area (Å²) in [5, 5.41) is 18.2. The highest BCUT2D eigenvalue weighted by Gasteiger charge is 1.98. The lowest BCUT2D eigenvalue weighted by Crippen LogP contribution is -2.00. The van der Waals surface area contributed by atoms with E-state index in [-0.39, 0.29) is 6.10 Å². The molecule has 0 aromatic heterocycles. The third-order valence-electron chi connectivity index (χ3n) is 3.80. The molecule has 1 unspecified atom stereocenters. The smallest absolute Gasteiger partial charge is 0.303 e. The highest BCUT2D eigenvalue weighted by atomic mass is 32.2. The highest BCUT2D eigenvalue weighted by molar-refractivity contribution is 7.99. The van der Waals surface area contributed by atoms with E-state index in [1.165, 1.54) is 37.9 Å². The molecule has 0 rings (SSSR count). The summed E-state index contributed by atoms with van der Waals surface area (Å²) in [6.45, 7) is 2.15. The second kappa shape index (κ2) is 17.9. The van der Waals surface area contributed by atoms with E-state index in [2.05, 4.69) is 13.0 Å². The van der Waals surface area contributed by atoms with Crippen molar-refractivity contribution in [2.24, 2.45) is 0 Å². The van der Waals surface area contributed by atoms with Crippen LogP contribution >= 0.6 is 11.8 Å². The number of aliphatic carboxylic acids is 1. The van der Waals surface area contributed by atoms with Crippen LogP contribution in [0.15, 0.2) is 12.2 Å². The Bertz CT molecular complexity index is 292. The third kappa shape index (κ3) is 19.5. The highest BCUT2D eigenvalue weighted by Crippen LogP contribution is 2.12. The fourth-order valence-electron chi connectivity index (χ4n) is 2.34. The Morgan fingerprint density at radius 1 is 1.00 bits per heavy atom. The van der Waals surface area contributed by atoms with Crippen LogP contribution in [0.4, 0.5) is 0 Å². The molecular weight excluding hydrogens is 308 g/mol. The fourth-order valence-corrected chi connectivity index (χ4v) is 3.36. The third-order valence-corrected chi connectivity index (χ3v) is 4.96. The lowest BCUT2D eigenvalue weighted by molar-refractivity contribution is -0.137. The maximum Gasteiger partial charge on any atom is 0.303 e. The number of carboxylic acids is 1. The summed E-state index contributed by atoms with van der Waals surface area (Å²) >= 11 is 1.95. The Morgan fingerprint density at radius 3 is 2.35 bits per heavy atom. The molecule has 0 radical (unpaired) electrons. The summed E-state index contributed by atoms with van der Waals surface area (Å²) in [5.41, 5.74) is 0. The predicted octanol–water partition coefficient (Wildman–Crippen LogP) is 5.42. The van der Waals surface area contributed by atoms with Gasteiger partial charge in [-0.2, -0.15) is 11.8 Å². The van der Waals surface area contributed by atoms with Crippen LogP contribution in [0.3, 0.4) is 0 Å². The SMILES string of the molecule is CCCCC(O)C=CCCCCCCCSCCCCC(=O)O. The van der Waals surface area contributed by atoms with Crippen LogP contribution in [-0.2, 0) is 4.79 Å². The number of rotatable bonds is 17. The summed E-state index contributed by atoms with van der Waals surface area (Å²) in [6.07, 6.45) is 16.6. The minimum absolute atomic E-state index is 0.248. The summed E-state index contributed by atoms with van der Waals surface area (Å²) in [7, 11) is 0. The Hall–Kier alpha value is -0.480. The first-order valence-electron chi connectivity index (χ1n) is 9.31. The minimum Gasteiger partial charge on any atom is -0.481 e. The summed E-state index contributed by atoms with van der Waals surface area (Å²) < 4.78 is 0. The van der Waals surface area contributed by atoms with E-state index >= 15 is 0 Å². The van der Waals surface area contributed by atoms with Crippen LogP contribution in [0, 0.1) is 0 Å². The second-order valence-corrected chi connectivity index (χ2v) is 7.38. The van der Waals surface area contributed by atoms with Crippen molar-refractivity contribution in [2.45, 2.75) is 90.1 Å². The van der Waals surface area contributed by atoms with Gasteiger partial charge in [-0.1, -0.05) is 51.2 Å². The fraction of sp³-hybridized carbons (Fsp3) is 0.842. The average molecular weight is 345 g/mol. The van der Waals surface area contributed by atoms with E-state index in [0.717, 1.165) is 44.3 Å². The van der Waals surface area contributed by atoms with Crippen molar-refractivity contribution < 1.29 is 15.0 Å². The molecule has 0 aromatic rings. The molecule has 0 saturated carbocycles. The van der Waals surface area contributed by atoms with Gasteiger partial charge in [-0.25, -0.2) is 0 Å². The van der Waals surface area contributed by atoms with Crippen LogP contribution in [0.5, 0.6) is 0 Å². The summed E-state index contributed by atoms with van der Waals surface area (Å²) in [6, 6.07) is 0. The zero-order chi connectivity index (χ0) is 17.2. The van der Waals surface area contributed by atoms with Crippen LogP contribution in [0.2, 0.25) is 0 Å². The number of hydrogen-bond acceptors (Lipinski definition) is 3. The molecule has 0 fully saturated rings. The van der Waals surface area contributed by atoms with Crippen LogP contribution in [0.1, 0.15) is 84.0 Å². The van der Waals surface area contributed by atoms with Gasteiger partial charge in [0.2, 0.25) is 0 Å². The zero-order valence-electron chi connectivity index (χ0n) is 14.8. The lowest BCUT2D eigenvalue weighted by atomic mass is 10.1. The Morgan fingerprint density at radius 2 is 1.65 bits per heavy atom. The largest absolute Gasteiger partial charge is 0.481 e. The van der Waals surface area contributed by atoms with Gasteiger partial charge in [0.1, 0.15) is 0 Å². The topological polar surface area (TPSA) is 57.5 Å². The molecule has 0 spiro atoms. The van der Waals surface area contributed by atoms with Gasteiger partial charge in [0, 0.05) is 6.42 Å². The van der Waals surface area contributed by atoms with Crippen molar-refractivity contribution in [2.75, 3.05) is 11.5 Å². The Balaban J connectivity index is 3.16. The van der Waals surface area contributed by atoms with E-state index in [0.29, 0.717) is 6.42 Å². The molecule has 0 aliphatic heterocycles. The average Bonchev–Trinajstić information content (AvgIpc) is 2.52. The number of allylic oxidation sites excluding steroid dienone is 1. The van der Waals surface area contributed by atoms with E-state index in [4.69, 9.17) is 5.11 Å². The first kappa shape index (κ1) is 22.5. The molecule has 0 heterocycles. The molecule has 0 saturated heterocycles. The van der Waals surface area contributed by atoms with Gasteiger partial charge < -0.3 is 10.2 Å². The molecule has 0 amide bonds. The Kier molecular flexibility index (Phi) is 17.5. The van der Waals surface area contributed by atoms with Crippen molar-refractivity contribution >= 4 is 17.7 Å². The number of thioether (sulfide) groups is 1. The zero-order valence-corrected chi connectivity index (χ0v) is 15.7. The van der Waals surface area contributed by atoms with E-state index in [1.807, 2.05) is 17.8 Å². The standard InChI is InChI=1S/C19H36O3S/c1-2-3-13-18(20)14-9-7-5-4-6-8-11-16-23-17-12-10-15-19(21)22/h9,14,18,20H,2-8,10-13,15-17H2,1H3,(H,21,22). The minimum atomic E-state index is -0.680. The molecule has 2 N–H and O–H groups in total. The summed E-state index contributed by atoms with van der Waals surface area (Å²) in [5.74, 6) is 1.62. The predicted molar refractivity (Wildman–Crippen MR) is 101 cm³/mol.